The second-order valence-electron chi connectivity index (χ2n) is 4.11. The van der Waals surface area contributed by atoms with E-state index in [0.717, 1.165) is 5.92 Å². The number of carbonyl (C=O) groups excluding carboxylic acids is 1. The summed E-state index contributed by atoms with van der Waals surface area (Å²) in [6.07, 6.45) is 4.34. The van der Waals surface area contributed by atoms with Crippen molar-refractivity contribution in [2.24, 2.45) is 11.3 Å². The van der Waals surface area contributed by atoms with Crippen molar-refractivity contribution in [3.05, 3.63) is 0 Å². The number of carbonyl (C=O) groups is 1. The van der Waals surface area contributed by atoms with Gasteiger partial charge < -0.3 is 4.74 Å². The topological polar surface area (TPSA) is 26.3 Å². The number of hydrogen-bond donors (Lipinski definition) is 0. The zero-order valence-electron chi connectivity index (χ0n) is 8.59. The molecule has 0 aromatic heterocycles. The molecule has 0 aliphatic heterocycles. The SMILES string of the molecule is CC1CCCC1(C)C.COC=O. The Morgan fingerprint density at radius 2 is 2.00 bits per heavy atom. The third-order valence-corrected chi connectivity index (χ3v) is 2.89. The maximum absolute atomic E-state index is 8.95. The maximum atomic E-state index is 8.95. The van der Waals surface area contributed by atoms with Crippen LogP contribution in [0.15, 0.2) is 0 Å². The molecule has 0 bridgehead atoms. The number of rotatable bonds is 1. The second-order valence-corrected chi connectivity index (χ2v) is 4.11. The number of methoxy groups -OCH3 is 1. The van der Waals surface area contributed by atoms with Crippen LogP contribution in [0.3, 0.4) is 0 Å². The van der Waals surface area contributed by atoms with Crippen molar-refractivity contribution < 1.29 is 9.53 Å². The van der Waals surface area contributed by atoms with Crippen LogP contribution in [0.5, 0.6) is 0 Å². The molecule has 1 fully saturated rings. The Kier molecular flexibility index (Phi) is 4.95. The lowest BCUT2D eigenvalue weighted by molar-refractivity contribution is -0.126. The molecule has 0 radical (unpaired) electrons. The fraction of sp³-hybridized carbons (Fsp3) is 0.900. The fourth-order valence-electron chi connectivity index (χ4n) is 1.50. The third kappa shape index (κ3) is 3.74. The van der Waals surface area contributed by atoms with Gasteiger partial charge in [-0.25, -0.2) is 0 Å². The lowest BCUT2D eigenvalue weighted by atomic mass is 9.83. The average Bonchev–Trinajstić information content (AvgIpc) is 2.31. The lowest BCUT2D eigenvalue weighted by Gasteiger charge is -2.22. The highest BCUT2D eigenvalue weighted by atomic mass is 16.5. The van der Waals surface area contributed by atoms with Crippen LogP contribution in [0.25, 0.3) is 0 Å². The molecule has 0 saturated heterocycles. The van der Waals surface area contributed by atoms with Gasteiger partial charge in [-0.15, -0.1) is 0 Å². The molecular weight excluding hydrogens is 152 g/mol. The van der Waals surface area contributed by atoms with Crippen molar-refractivity contribution in [3.8, 4) is 0 Å². The van der Waals surface area contributed by atoms with Gasteiger partial charge in [0.15, 0.2) is 0 Å². The van der Waals surface area contributed by atoms with Crippen molar-refractivity contribution in [1.82, 2.24) is 0 Å². The molecule has 0 aromatic carbocycles. The van der Waals surface area contributed by atoms with E-state index in [4.69, 9.17) is 4.79 Å². The normalized spacial score (nSPS) is 25.5. The Morgan fingerprint density at radius 1 is 1.50 bits per heavy atom. The minimum Gasteiger partial charge on any atom is -0.471 e. The highest BCUT2D eigenvalue weighted by Gasteiger charge is 2.30. The summed E-state index contributed by atoms with van der Waals surface area (Å²) < 4.78 is 3.86. The summed E-state index contributed by atoms with van der Waals surface area (Å²) in [5.74, 6) is 0.961. The van der Waals surface area contributed by atoms with Crippen molar-refractivity contribution in [2.45, 2.75) is 40.0 Å². The molecule has 1 unspecified atom stereocenters. The second kappa shape index (κ2) is 5.18. The largest absolute Gasteiger partial charge is 0.471 e. The Labute approximate surface area is 75.3 Å². The molecule has 0 heterocycles. The minimum absolute atomic E-state index is 0.375. The van der Waals surface area contributed by atoms with Crippen LogP contribution in [-0.4, -0.2) is 13.6 Å². The molecule has 2 heteroatoms. The zero-order valence-corrected chi connectivity index (χ0v) is 8.59. The van der Waals surface area contributed by atoms with Crippen molar-refractivity contribution in [1.29, 1.82) is 0 Å². The van der Waals surface area contributed by atoms with Gasteiger partial charge in [0.25, 0.3) is 6.47 Å². The van der Waals surface area contributed by atoms with Crippen LogP contribution in [-0.2, 0) is 9.53 Å². The molecule has 1 rings (SSSR count). The van der Waals surface area contributed by atoms with E-state index in [9.17, 15) is 0 Å². The molecule has 72 valence electrons. The molecule has 0 N–H and O–H groups in total. The molecule has 0 amide bonds. The van der Waals surface area contributed by atoms with E-state index in [2.05, 4.69) is 25.5 Å². The van der Waals surface area contributed by atoms with Crippen LogP contribution in [0, 0.1) is 11.3 Å². The van der Waals surface area contributed by atoms with Gasteiger partial charge in [-0.1, -0.05) is 33.6 Å². The molecule has 1 atom stereocenters. The standard InChI is InChI=1S/C8H16.C2H4O2/c1-7-5-4-6-8(7,2)3;1-4-2-3/h7H,4-6H2,1-3H3;2H,1H3. The van der Waals surface area contributed by atoms with Crippen LogP contribution >= 0.6 is 0 Å². The summed E-state index contributed by atoms with van der Waals surface area (Å²) >= 11 is 0. The predicted molar refractivity (Wildman–Crippen MR) is 49.9 cm³/mol. The van der Waals surface area contributed by atoms with Gasteiger partial charge in [-0.2, -0.15) is 0 Å². The van der Waals surface area contributed by atoms with E-state index in [1.54, 1.807) is 0 Å². The first-order valence-electron chi connectivity index (χ1n) is 4.51. The van der Waals surface area contributed by atoms with E-state index in [1.807, 2.05) is 0 Å². The van der Waals surface area contributed by atoms with Gasteiger partial charge >= 0.3 is 0 Å². The average molecular weight is 172 g/mol. The summed E-state index contributed by atoms with van der Waals surface area (Å²) in [5, 5.41) is 0. The Balaban J connectivity index is 0.000000261. The smallest absolute Gasteiger partial charge is 0.292 e. The maximum Gasteiger partial charge on any atom is 0.292 e. The van der Waals surface area contributed by atoms with E-state index in [1.165, 1.54) is 26.4 Å². The van der Waals surface area contributed by atoms with Crippen LogP contribution < -0.4 is 0 Å². The van der Waals surface area contributed by atoms with Crippen LogP contribution in [0.4, 0.5) is 0 Å². The summed E-state index contributed by atoms with van der Waals surface area (Å²) in [6.45, 7) is 7.50. The van der Waals surface area contributed by atoms with Crippen molar-refractivity contribution in [2.75, 3.05) is 7.11 Å². The van der Waals surface area contributed by atoms with Gasteiger partial charge in [0.1, 0.15) is 0 Å². The number of ether oxygens (including phenoxy) is 1. The monoisotopic (exact) mass is 172 g/mol. The summed E-state index contributed by atoms with van der Waals surface area (Å²) in [4.78, 5) is 8.95. The van der Waals surface area contributed by atoms with Gasteiger partial charge in [0.2, 0.25) is 0 Å². The molecule has 12 heavy (non-hydrogen) atoms. The first-order valence-corrected chi connectivity index (χ1v) is 4.51. The van der Waals surface area contributed by atoms with E-state index in [-0.39, 0.29) is 0 Å². The van der Waals surface area contributed by atoms with Crippen LogP contribution in [0.1, 0.15) is 40.0 Å². The van der Waals surface area contributed by atoms with E-state index in [0.29, 0.717) is 11.9 Å². The van der Waals surface area contributed by atoms with Crippen molar-refractivity contribution in [3.63, 3.8) is 0 Å². The predicted octanol–water partition coefficient (Wildman–Crippen LogP) is 2.62. The molecule has 1 saturated carbocycles. The highest BCUT2D eigenvalue weighted by molar-refractivity contribution is 5.36. The lowest BCUT2D eigenvalue weighted by Crippen LogP contribution is -2.13. The Morgan fingerprint density at radius 3 is 2.08 bits per heavy atom. The van der Waals surface area contributed by atoms with Gasteiger partial charge in [-0.05, 0) is 17.8 Å². The van der Waals surface area contributed by atoms with Crippen molar-refractivity contribution >= 4 is 6.47 Å². The van der Waals surface area contributed by atoms with Gasteiger partial charge in [-0.3, -0.25) is 4.79 Å². The molecule has 0 spiro atoms. The number of hydrogen-bond acceptors (Lipinski definition) is 2. The van der Waals surface area contributed by atoms with Crippen LogP contribution in [0.2, 0.25) is 0 Å². The van der Waals surface area contributed by atoms with E-state index >= 15 is 0 Å². The summed E-state index contributed by atoms with van der Waals surface area (Å²) in [5.41, 5.74) is 0.653. The zero-order chi connectivity index (χ0) is 9.61. The Hall–Kier alpha value is -0.530. The molecular formula is C10H20O2. The van der Waals surface area contributed by atoms with E-state index < -0.39 is 0 Å². The third-order valence-electron chi connectivity index (χ3n) is 2.89. The van der Waals surface area contributed by atoms with Gasteiger partial charge in [0, 0.05) is 0 Å². The molecule has 1 aliphatic rings. The fourth-order valence-corrected chi connectivity index (χ4v) is 1.50. The first kappa shape index (κ1) is 11.5. The first-order chi connectivity index (χ1) is 5.54. The molecule has 1 aliphatic carbocycles. The quantitative estimate of drug-likeness (QED) is 0.568. The Bertz CT molecular complexity index is 130. The summed E-state index contributed by atoms with van der Waals surface area (Å²) in [7, 11) is 1.31. The van der Waals surface area contributed by atoms with Gasteiger partial charge in [0.05, 0.1) is 7.11 Å². The highest BCUT2D eigenvalue weighted by Crippen LogP contribution is 2.41. The minimum atomic E-state index is 0.375. The molecule has 2 nitrogen and oxygen atoms in total. The summed E-state index contributed by atoms with van der Waals surface area (Å²) in [6, 6.07) is 0. The molecule has 0 aromatic rings.